The number of hydrogen-bond donors (Lipinski definition) is 0. The zero-order valence-electron chi connectivity index (χ0n) is 21.0. The Morgan fingerprint density at radius 1 is 0.919 bits per heavy atom. The van der Waals surface area contributed by atoms with E-state index in [9.17, 15) is 18.0 Å². The van der Waals surface area contributed by atoms with Gasteiger partial charge in [-0.15, -0.1) is 0 Å². The van der Waals surface area contributed by atoms with Crippen LogP contribution in [0.1, 0.15) is 23.1 Å². The standard InChI is InChI=1S/C30H32F3N3O/c1-34(21-23-9-4-2-5-10-23)28(37)29(24-11-6-3-7-12-24)20-26(29)22-35-15-17-36(18-16-35)27-14-8-13-25(19-27)30(31,32)33/h2-14,19,26H,15-18,20-22H2,1H3. The molecule has 0 aromatic heterocycles. The van der Waals surface area contributed by atoms with E-state index in [0.29, 0.717) is 25.3 Å². The van der Waals surface area contributed by atoms with Gasteiger partial charge in [0.2, 0.25) is 5.91 Å². The van der Waals surface area contributed by atoms with E-state index in [-0.39, 0.29) is 11.8 Å². The molecule has 0 radical (unpaired) electrons. The van der Waals surface area contributed by atoms with Gasteiger partial charge in [-0.3, -0.25) is 9.69 Å². The van der Waals surface area contributed by atoms with Crippen LogP contribution in [0.3, 0.4) is 0 Å². The van der Waals surface area contributed by atoms with Crippen molar-refractivity contribution in [3.8, 4) is 0 Å². The van der Waals surface area contributed by atoms with Gasteiger partial charge in [0.1, 0.15) is 0 Å². The first kappa shape index (κ1) is 25.3. The monoisotopic (exact) mass is 507 g/mol. The van der Waals surface area contributed by atoms with Gasteiger partial charge in [0.05, 0.1) is 11.0 Å². The van der Waals surface area contributed by atoms with Crippen LogP contribution in [0.5, 0.6) is 0 Å². The summed E-state index contributed by atoms with van der Waals surface area (Å²) in [6.45, 7) is 4.20. The number of nitrogens with zero attached hydrogens (tertiary/aromatic N) is 3. The third kappa shape index (κ3) is 5.37. The van der Waals surface area contributed by atoms with Gasteiger partial charge < -0.3 is 9.80 Å². The molecule has 1 aliphatic heterocycles. The molecule has 1 aliphatic carbocycles. The average molecular weight is 508 g/mol. The SMILES string of the molecule is CN(Cc1ccccc1)C(=O)C1(c2ccccc2)CC1CN1CCN(c2cccc(C(F)(F)F)c2)CC1. The summed E-state index contributed by atoms with van der Waals surface area (Å²) < 4.78 is 39.4. The normalized spacial score (nSPS) is 22.1. The second-order valence-electron chi connectivity index (χ2n) is 10.2. The van der Waals surface area contributed by atoms with Gasteiger partial charge in [-0.05, 0) is 41.7 Å². The minimum atomic E-state index is -4.34. The van der Waals surface area contributed by atoms with Crippen LogP contribution < -0.4 is 4.90 Å². The number of likely N-dealkylation sites (N-methyl/N-ethyl adjacent to an activating group) is 1. The lowest BCUT2D eigenvalue weighted by molar-refractivity contribution is -0.137. The van der Waals surface area contributed by atoms with Gasteiger partial charge in [-0.25, -0.2) is 0 Å². The van der Waals surface area contributed by atoms with Crippen molar-refractivity contribution in [1.29, 1.82) is 0 Å². The van der Waals surface area contributed by atoms with Gasteiger partial charge in [0.15, 0.2) is 0 Å². The zero-order valence-corrected chi connectivity index (χ0v) is 21.0. The summed E-state index contributed by atoms with van der Waals surface area (Å²) in [6, 6.07) is 25.6. The van der Waals surface area contributed by atoms with Crippen molar-refractivity contribution in [1.82, 2.24) is 9.80 Å². The molecule has 2 aliphatic rings. The minimum Gasteiger partial charge on any atom is -0.369 e. The lowest BCUT2D eigenvalue weighted by Gasteiger charge is -2.37. The fourth-order valence-corrected chi connectivity index (χ4v) is 5.67. The van der Waals surface area contributed by atoms with E-state index in [1.54, 1.807) is 6.07 Å². The van der Waals surface area contributed by atoms with E-state index in [0.717, 1.165) is 43.2 Å². The van der Waals surface area contributed by atoms with Crippen LogP contribution in [0.25, 0.3) is 0 Å². The Kier molecular flexibility index (Phi) is 6.99. The fourth-order valence-electron chi connectivity index (χ4n) is 5.67. The second-order valence-corrected chi connectivity index (χ2v) is 10.2. The lowest BCUT2D eigenvalue weighted by atomic mass is 9.91. The molecule has 0 spiro atoms. The van der Waals surface area contributed by atoms with E-state index in [1.165, 1.54) is 12.1 Å². The molecule has 2 unspecified atom stereocenters. The van der Waals surface area contributed by atoms with Gasteiger partial charge >= 0.3 is 6.18 Å². The van der Waals surface area contributed by atoms with E-state index in [1.807, 2.05) is 65.4 Å². The maximum absolute atomic E-state index is 13.8. The summed E-state index contributed by atoms with van der Waals surface area (Å²) in [7, 11) is 1.88. The van der Waals surface area contributed by atoms with Crippen LogP contribution in [0.4, 0.5) is 18.9 Å². The van der Waals surface area contributed by atoms with E-state index >= 15 is 0 Å². The Bertz CT molecular complexity index is 1210. The van der Waals surface area contributed by atoms with Crippen molar-refractivity contribution in [3.05, 3.63) is 102 Å². The molecule has 1 heterocycles. The molecule has 4 nitrogen and oxygen atoms in total. The van der Waals surface area contributed by atoms with Gasteiger partial charge in [-0.2, -0.15) is 13.2 Å². The number of carbonyl (C=O) groups excluding carboxylic acids is 1. The number of carbonyl (C=O) groups is 1. The minimum absolute atomic E-state index is 0.148. The molecule has 2 atom stereocenters. The maximum atomic E-state index is 13.8. The van der Waals surface area contributed by atoms with Crippen LogP contribution in [-0.2, 0) is 22.9 Å². The van der Waals surface area contributed by atoms with Crippen molar-refractivity contribution in [2.24, 2.45) is 5.92 Å². The predicted octanol–water partition coefficient (Wildman–Crippen LogP) is 5.44. The van der Waals surface area contributed by atoms with E-state index in [2.05, 4.69) is 17.0 Å². The summed E-state index contributed by atoms with van der Waals surface area (Å²) in [5.74, 6) is 0.357. The Balaban J connectivity index is 1.25. The topological polar surface area (TPSA) is 26.8 Å². The van der Waals surface area contributed by atoms with Crippen molar-refractivity contribution in [2.75, 3.05) is 44.7 Å². The van der Waals surface area contributed by atoms with Crippen molar-refractivity contribution >= 4 is 11.6 Å². The Labute approximate surface area is 216 Å². The summed E-state index contributed by atoms with van der Waals surface area (Å²) in [6.07, 6.45) is -3.53. The number of alkyl halides is 3. The number of halogens is 3. The molecule has 37 heavy (non-hydrogen) atoms. The maximum Gasteiger partial charge on any atom is 0.416 e. The zero-order chi connectivity index (χ0) is 26.0. The molecule has 3 aromatic rings. The highest BCUT2D eigenvalue weighted by Crippen LogP contribution is 2.56. The molecule has 0 bridgehead atoms. The first-order valence-electron chi connectivity index (χ1n) is 12.8. The lowest BCUT2D eigenvalue weighted by Crippen LogP contribution is -2.48. The second kappa shape index (κ2) is 10.2. The number of amides is 1. The molecule has 1 saturated heterocycles. The Hall–Kier alpha value is -3.32. The summed E-state index contributed by atoms with van der Waals surface area (Å²) in [5.41, 5.74) is 1.63. The molecule has 0 N–H and O–H groups in total. The van der Waals surface area contributed by atoms with Gasteiger partial charge in [-0.1, -0.05) is 66.7 Å². The largest absolute Gasteiger partial charge is 0.416 e. The quantitative estimate of drug-likeness (QED) is 0.426. The molecular formula is C30H32F3N3O. The summed E-state index contributed by atoms with van der Waals surface area (Å²) >= 11 is 0. The van der Waals surface area contributed by atoms with E-state index in [4.69, 9.17) is 0 Å². The van der Waals surface area contributed by atoms with Crippen LogP contribution in [0, 0.1) is 5.92 Å². The smallest absolute Gasteiger partial charge is 0.369 e. The molecule has 194 valence electrons. The van der Waals surface area contributed by atoms with Crippen molar-refractivity contribution in [3.63, 3.8) is 0 Å². The van der Waals surface area contributed by atoms with Gasteiger partial charge in [0, 0.05) is 52.0 Å². The highest BCUT2D eigenvalue weighted by molar-refractivity contribution is 5.92. The summed E-state index contributed by atoms with van der Waals surface area (Å²) in [5, 5.41) is 0. The third-order valence-electron chi connectivity index (χ3n) is 7.77. The highest BCUT2D eigenvalue weighted by Gasteiger charge is 2.61. The average Bonchev–Trinajstić information content (AvgIpc) is 3.64. The Morgan fingerprint density at radius 2 is 1.57 bits per heavy atom. The molecule has 7 heteroatoms. The van der Waals surface area contributed by atoms with Gasteiger partial charge in [0.25, 0.3) is 0 Å². The molecule has 3 aromatic carbocycles. The fraction of sp³-hybridized carbons (Fsp3) is 0.367. The number of benzene rings is 3. The first-order chi connectivity index (χ1) is 17.8. The number of rotatable bonds is 7. The van der Waals surface area contributed by atoms with Crippen LogP contribution in [0.2, 0.25) is 0 Å². The Morgan fingerprint density at radius 3 is 2.22 bits per heavy atom. The molecular weight excluding hydrogens is 475 g/mol. The predicted molar refractivity (Wildman–Crippen MR) is 139 cm³/mol. The molecule has 5 rings (SSSR count). The van der Waals surface area contributed by atoms with Crippen molar-refractivity contribution < 1.29 is 18.0 Å². The van der Waals surface area contributed by atoms with E-state index < -0.39 is 17.2 Å². The highest BCUT2D eigenvalue weighted by atomic mass is 19.4. The molecule has 1 amide bonds. The summed E-state index contributed by atoms with van der Waals surface area (Å²) in [4.78, 5) is 20.0. The number of hydrogen-bond acceptors (Lipinski definition) is 3. The molecule has 1 saturated carbocycles. The number of piperazine rings is 1. The number of anilines is 1. The van der Waals surface area contributed by atoms with Crippen LogP contribution in [0.15, 0.2) is 84.9 Å². The third-order valence-corrected chi connectivity index (χ3v) is 7.77. The van der Waals surface area contributed by atoms with Crippen molar-refractivity contribution in [2.45, 2.75) is 24.6 Å². The van der Waals surface area contributed by atoms with Crippen LogP contribution in [-0.4, -0.2) is 55.5 Å². The first-order valence-corrected chi connectivity index (χ1v) is 12.8. The van der Waals surface area contributed by atoms with Crippen LogP contribution >= 0.6 is 0 Å². The molecule has 2 fully saturated rings.